The molecule has 0 aliphatic carbocycles. The number of halogens is 1. The fraction of sp³-hybridized carbons (Fsp3) is 0.278. The van der Waals surface area contributed by atoms with Crippen LogP contribution in [-0.2, 0) is 14.8 Å². The smallest absolute Gasteiger partial charge is 0.245 e. The molecule has 7 heteroatoms. The topological polar surface area (TPSA) is 66.5 Å². The quantitative estimate of drug-likeness (QED) is 0.855. The summed E-state index contributed by atoms with van der Waals surface area (Å²) in [5.74, 6) is -0.603. The molecule has 1 N–H and O–H groups in total. The first kappa shape index (κ1) is 18.9. The van der Waals surface area contributed by atoms with E-state index in [9.17, 15) is 17.6 Å². The predicted molar refractivity (Wildman–Crippen MR) is 97.8 cm³/mol. The van der Waals surface area contributed by atoms with E-state index in [0.717, 1.165) is 16.1 Å². The first-order valence-electron chi connectivity index (χ1n) is 7.80. The highest BCUT2D eigenvalue weighted by molar-refractivity contribution is 7.92. The third-order valence-electron chi connectivity index (χ3n) is 3.66. The predicted octanol–water partition coefficient (Wildman–Crippen LogP) is 3.35. The highest BCUT2D eigenvalue weighted by Gasteiger charge is 2.21. The average Bonchev–Trinajstić information content (AvgIpc) is 2.54. The van der Waals surface area contributed by atoms with Gasteiger partial charge in [-0.3, -0.25) is 9.10 Å². The van der Waals surface area contributed by atoms with Gasteiger partial charge < -0.3 is 5.32 Å². The molecule has 2 aromatic rings. The van der Waals surface area contributed by atoms with Crippen LogP contribution in [0.5, 0.6) is 0 Å². The summed E-state index contributed by atoms with van der Waals surface area (Å²) in [6.45, 7) is 3.72. The highest BCUT2D eigenvalue weighted by Crippen LogP contribution is 2.22. The van der Waals surface area contributed by atoms with Crippen molar-refractivity contribution in [3.05, 3.63) is 59.9 Å². The van der Waals surface area contributed by atoms with E-state index in [1.807, 2.05) is 26.0 Å². The van der Waals surface area contributed by atoms with E-state index >= 15 is 0 Å². The normalized spacial score (nSPS) is 11.4. The highest BCUT2D eigenvalue weighted by atomic mass is 32.2. The molecule has 134 valence electrons. The van der Waals surface area contributed by atoms with Crippen molar-refractivity contribution >= 4 is 27.3 Å². The first-order valence-corrected chi connectivity index (χ1v) is 9.65. The molecule has 0 saturated carbocycles. The number of sulfonamides is 1. The van der Waals surface area contributed by atoms with Crippen molar-refractivity contribution in [1.29, 1.82) is 0 Å². The van der Waals surface area contributed by atoms with Crippen molar-refractivity contribution in [2.75, 3.05) is 22.4 Å². The second-order valence-corrected chi connectivity index (χ2v) is 7.98. The molecule has 0 heterocycles. The number of carbonyl (C=O) groups excluding carboxylic acids is 1. The van der Waals surface area contributed by atoms with Crippen molar-refractivity contribution in [2.45, 2.75) is 19.8 Å². The van der Waals surface area contributed by atoms with Gasteiger partial charge in [0.25, 0.3) is 0 Å². The Balaban J connectivity index is 2.17. The molecule has 0 fully saturated rings. The Hall–Kier alpha value is -2.41. The van der Waals surface area contributed by atoms with Crippen LogP contribution >= 0.6 is 0 Å². The van der Waals surface area contributed by atoms with Gasteiger partial charge in [-0.1, -0.05) is 26.0 Å². The van der Waals surface area contributed by atoms with E-state index in [1.165, 1.54) is 24.3 Å². The van der Waals surface area contributed by atoms with Crippen molar-refractivity contribution in [3.8, 4) is 0 Å². The average molecular weight is 364 g/mol. The van der Waals surface area contributed by atoms with E-state index in [-0.39, 0.29) is 6.54 Å². The number of nitrogens with zero attached hydrogens (tertiary/aromatic N) is 1. The van der Waals surface area contributed by atoms with Crippen LogP contribution in [0.4, 0.5) is 15.8 Å². The number of hydrogen-bond acceptors (Lipinski definition) is 3. The van der Waals surface area contributed by atoms with Gasteiger partial charge in [-0.25, -0.2) is 12.8 Å². The maximum atomic E-state index is 12.9. The lowest BCUT2D eigenvalue weighted by molar-refractivity contribution is -0.114. The van der Waals surface area contributed by atoms with Crippen LogP contribution in [0.1, 0.15) is 25.3 Å². The monoisotopic (exact) mass is 364 g/mol. The van der Waals surface area contributed by atoms with Crippen LogP contribution in [0.15, 0.2) is 48.5 Å². The van der Waals surface area contributed by atoms with Gasteiger partial charge in [0.1, 0.15) is 12.4 Å². The van der Waals surface area contributed by atoms with Crippen molar-refractivity contribution in [1.82, 2.24) is 0 Å². The molecule has 1 amide bonds. The van der Waals surface area contributed by atoms with Gasteiger partial charge in [0, 0.05) is 5.69 Å². The lowest BCUT2D eigenvalue weighted by Gasteiger charge is -2.22. The molecule has 0 radical (unpaired) electrons. The molecular weight excluding hydrogens is 343 g/mol. The minimum atomic E-state index is -3.63. The third-order valence-corrected chi connectivity index (χ3v) is 4.80. The Kier molecular flexibility index (Phi) is 5.79. The lowest BCUT2D eigenvalue weighted by atomic mass is 10.0. The first-order chi connectivity index (χ1) is 11.7. The minimum absolute atomic E-state index is 0.322. The number of benzene rings is 2. The molecule has 2 rings (SSSR count). The number of hydrogen-bond donors (Lipinski definition) is 1. The van der Waals surface area contributed by atoms with Crippen molar-refractivity contribution in [2.24, 2.45) is 0 Å². The molecule has 25 heavy (non-hydrogen) atoms. The minimum Gasteiger partial charge on any atom is -0.325 e. The van der Waals surface area contributed by atoms with Crippen LogP contribution in [0.3, 0.4) is 0 Å². The van der Waals surface area contributed by atoms with Crippen LogP contribution in [0, 0.1) is 5.82 Å². The molecule has 5 nitrogen and oxygen atoms in total. The van der Waals surface area contributed by atoms with Gasteiger partial charge >= 0.3 is 0 Å². The molecule has 0 saturated heterocycles. The number of rotatable bonds is 6. The molecule has 0 aromatic heterocycles. The Bertz CT molecular complexity index is 832. The van der Waals surface area contributed by atoms with Crippen molar-refractivity contribution in [3.63, 3.8) is 0 Å². The van der Waals surface area contributed by atoms with E-state index in [1.54, 1.807) is 12.1 Å². The molecule has 0 atom stereocenters. The van der Waals surface area contributed by atoms with Gasteiger partial charge in [-0.2, -0.15) is 0 Å². The van der Waals surface area contributed by atoms with Gasteiger partial charge in [0.15, 0.2) is 0 Å². The number of anilines is 2. The number of carbonyl (C=O) groups is 1. The molecular formula is C18H21FN2O3S. The van der Waals surface area contributed by atoms with E-state index in [4.69, 9.17) is 0 Å². The van der Waals surface area contributed by atoms with Crippen LogP contribution < -0.4 is 9.62 Å². The van der Waals surface area contributed by atoms with Crippen LogP contribution in [0.25, 0.3) is 0 Å². The Morgan fingerprint density at radius 1 is 1.08 bits per heavy atom. The van der Waals surface area contributed by atoms with Gasteiger partial charge in [0.2, 0.25) is 15.9 Å². The molecule has 0 unspecified atom stereocenters. The maximum Gasteiger partial charge on any atom is 0.245 e. The summed E-state index contributed by atoms with van der Waals surface area (Å²) in [6.07, 6.45) is 1.05. The van der Waals surface area contributed by atoms with Gasteiger partial charge in [-0.15, -0.1) is 0 Å². The molecule has 0 bridgehead atoms. The summed E-state index contributed by atoms with van der Waals surface area (Å²) in [5.41, 5.74) is 1.89. The summed E-state index contributed by atoms with van der Waals surface area (Å²) >= 11 is 0. The van der Waals surface area contributed by atoms with Crippen LogP contribution in [0.2, 0.25) is 0 Å². The standard InChI is InChI=1S/C18H21FN2O3S/c1-13(2)14-4-10-17(11-5-14)21(25(3,23)24)12-18(22)20-16-8-6-15(19)7-9-16/h4-11,13H,12H2,1-3H3,(H,20,22). The molecule has 0 aliphatic heterocycles. The van der Waals surface area contributed by atoms with Gasteiger partial charge in [-0.05, 0) is 47.9 Å². The summed E-state index contributed by atoms with van der Waals surface area (Å²) in [4.78, 5) is 12.2. The zero-order valence-electron chi connectivity index (χ0n) is 14.4. The zero-order valence-corrected chi connectivity index (χ0v) is 15.2. The molecule has 0 aliphatic rings. The van der Waals surface area contributed by atoms with E-state index in [0.29, 0.717) is 17.3 Å². The third kappa shape index (κ3) is 5.29. The van der Waals surface area contributed by atoms with Crippen LogP contribution in [-0.4, -0.2) is 27.1 Å². The zero-order chi connectivity index (χ0) is 18.6. The fourth-order valence-electron chi connectivity index (χ4n) is 2.29. The Labute approximate surface area is 147 Å². The summed E-state index contributed by atoms with van der Waals surface area (Å²) in [5, 5.41) is 2.56. The summed E-state index contributed by atoms with van der Waals surface area (Å²) in [6, 6.07) is 12.3. The largest absolute Gasteiger partial charge is 0.325 e. The molecule has 2 aromatic carbocycles. The Morgan fingerprint density at radius 2 is 1.64 bits per heavy atom. The number of nitrogens with one attached hydrogen (secondary N) is 1. The maximum absolute atomic E-state index is 12.9. The second-order valence-electron chi connectivity index (χ2n) is 6.07. The van der Waals surface area contributed by atoms with Gasteiger partial charge in [0.05, 0.1) is 11.9 Å². The van der Waals surface area contributed by atoms with E-state index in [2.05, 4.69) is 5.32 Å². The fourth-order valence-corrected chi connectivity index (χ4v) is 3.15. The second kappa shape index (κ2) is 7.65. The van der Waals surface area contributed by atoms with Crippen molar-refractivity contribution < 1.29 is 17.6 Å². The summed E-state index contributed by atoms with van der Waals surface area (Å²) < 4.78 is 38.1. The number of amides is 1. The Morgan fingerprint density at radius 3 is 2.12 bits per heavy atom. The lowest BCUT2D eigenvalue weighted by Crippen LogP contribution is -2.37. The van der Waals surface area contributed by atoms with E-state index < -0.39 is 21.7 Å². The summed E-state index contributed by atoms with van der Waals surface area (Å²) in [7, 11) is -3.63. The SMILES string of the molecule is CC(C)c1ccc(N(CC(=O)Nc2ccc(F)cc2)S(C)(=O)=O)cc1. The molecule has 0 spiro atoms.